The monoisotopic (exact) mass is 461 g/mol. The molecular formula is C20H19N3O6S2. The number of esters is 1. The van der Waals surface area contributed by atoms with Crippen LogP contribution in [0.4, 0.5) is 5.00 Å². The summed E-state index contributed by atoms with van der Waals surface area (Å²) in [5.74, 6) is -0.312. The number of benzene rings is 1. The summed E-state index contributed by atoms with van der Waals surface area (Å²) in [7, 11) is 0. The molecule has 0 fully saturated rings. The molecule has 0 saturated carbocycles. The molecule has 3 aromatic rings. The van der Waals surface area contributed by atoms with Crippen molar-refractivity contribution >= 4 is 55.8 Å². The van der Waals surface area contributed by atoms with Gasteiger partial charge in [-0.25, -0.2) is 0 Å². The van der Waals surface area contributed by atoms with Crippen molar-refractivity contribution in [3.05, 3.63) is 56.2 Å². The molecular weight excluding hydrogens is 442 g/mol. The average molecular weight is 462 g/mol. The van der Waals surface area contributed by atoms with Gasteiger partial charge in [0.15, 0.2) is 4.80 Å². The molecule has 0 aliphatic heterocycles. The fraction of sp³-hybridized carbons (Fsp3) is 0.250. The van der Waals surface area contributed by atoms with Gasteiger partial charge >= 0.3 is 11.0 Å². The number of fused-ring (bicyclic) bond motifs is 1. The molecule has 0 radical (unpaired) electrons. The Kier molecular flexibility index (Phi) is 7.32. The summed E-state index contributed by atoms with van der Waals surface area (Å²) < 4.78 is 13.0. The maximum Gasteiger partial charge on any atom is 0.326 e. The van der Waals surface area contributed by atoms with Gasteiger partial charge in [0.1, 0.15) is 12.3 Å². The average Bonchev–Trinajstić information content (AvgIpc) is 3.32. The Balaban J connectivity index is 1.95. The van der Waals surface area contributed by atoms with E-state index in [0.29, 0.717) is 22.0 Å². The van der Waals surface area contributed by atoms with Gasteiger partial charge in [0.25, 0.3) is 5.91 Å². The third-order valence-corrected chi connectivity index (χ3v) is 5.99. The molecule has 31 heavy (non-hydrogen) atoms. The molecule has 0 aliphatic rings. The molecule has 1 aromatic carbocycles. The Hall–Kier alpha value is -3.31. The number of carbonyl (C=O) groups excluding carboxylic acids is 2. The molecule has 9 nitrogen and oxygen atoms in total. The Bertz CT molecular complexity index is 1220. The summed E-state index contributed by atoms with van der Waals surface area (Å²) in [5, 5.41) is 10.8. The van der Waals surface area contributed by atoms with E-state index in [0.717, 1.165) is 21.6 Å². The lowest BCUT2D eigenvalue weighted by atomic mass is 10.3. The standard InChI is InChI=1S/C20H19N3O6S2/c1-3-28-13-5-8-15-16(11-13)31-20(22(15)12-19(25)29-4-2)21-17(24)9-6-14-7-10-18(30-14)23(26)27/h5-11H,3-4,12H2,1-2H3. The van der Waals surface area contributed by atoms with Crippen LogP contribution < -0.4 is 9.54 Å². The zero-order valence-corrected chi connectivity index (χ0v) is 18.4. The van der Waals surface area contributed by atoms with Crippen LogP contribution in [0.15, 0.2) is 41.4 Å². The molecule has 0 unspecified atom stereocenters. The van der Waals surface area contributed by atoms with Crippen LogP contribution in [0.5, 0.6) is 5.75 Å². The number of amides is 1. The van der Waals surface area contributed by atoms with Crippen molar-refractivity contribution in [3.8, 4) is 5.75 Å². The van der Waals surface area contributed by atoms with Crippen molar-refractivity contribution in [1.29, 1.82) is 0 Å². The molecule has 2 aromatic heterocycles. The number of nitrogens with zero attached hydrogens (tertiary/aromatic N) is 3. The van der Waals surface area contributed by atoms with Crippen LogP contribution in [0.2, 0.25) is 0 Å². The second kappa shape index (κ2) is 10.1. The van der Waals surface area contributed by atoms with Crippen LogP contribution in [-0.2, 0) is 20.9 Å². The van der Waals surface area contributed by atoms with Crippen molar-refractivity contribution in [3.63, 3.8) is 0 Å². The lowest BCUT2D eigenvalue weighted by molar-refractivity contribution is -0.380. The maximum absolute atomic E-state index is 12.4. The van der Waals surface area contributed by atoms with Crippen molar-refractivity contribution in [2.45, 2.75) is 20.4 Å². The highest BCUT2D eigenvalue weighted by Crippen LogP contribution is 2.25. The number of thiazole rings is 1. The minimum absolute atomic E-state index is 0.00840. The molecule has 3 rings (SSSR count). The molecule has 0 spiro atoms. The van der Waals surface area contributed by atoms with Crippen molar-refractivity contribution in [2.24, 2.45) is 4.99 Å². The van der Waals surface area contributed by atoms with Crippen LogP contribution in [0.25, 0.3) is 16.3 Å². The van der Waals surface area contributed by atoms with Gasteiger partial charge in [-0.1, -0.05) is 22.7 Å². The molecule has 162 valence electrons. The van der Waals surface area contributed by atoms with Crippen molar-refractivity contribution in [1.82, 2.24) is 4.57 Å². The summed E-state index contributed by atoms with van der Waals surface area (Å²) in [6.07, 6.45) is 2.71. The number of hydrogen-bond donors (Lipinski definition) is 0. The van der Waals surface area contributed by atoms with Gasteiger partial charge in [0.05, 0.1) is 28.4 Å². The predicted molar refractivity (Wildman–Crippen MR) is 118 cm³/mol. The minimum Gasteiger partial charge on any atom is -0.494 e. The summed E-state index contributed by atoms with van der Waals surface area (Å²) in [4.78, 5) is 39.8. The number of nitro groups is 1. The predicted octanol–water partition coefficient (Wildman–Crippen LogP) is 3.78. The van der Waals surface area contributed by atoms with Gasteiger partial charge in [-0.15, -0.1) is 0 Å². The van der Waals surface area contributed by atoms with Gasteiger partial charge in [-0.2, -0.15) is 4.99 Å². The lowest BCUT2D eigenvalue weighted by Gasteiger charge is -2.06. The van der Waals surface area contributed by atoms with Crippen LogP contribution >= 0.6 is 22.7 Å². The Morgan fingerprint density at radius 3 is 2.68 bits per heavy atom. The Labute approximate surface area is 185 Å². The smallest absolute Gasteiger partial charge is 0.326 e. The van der Waals surface area contributed by atoms with Gasteiger partial charge in [-0.05, 0) is 44.2 Å². The van der Waals surface area contributed by atoms with E-state index in [1.165, 1.54) is 29.6 Å². The highest BCUT2D eigenvalue weighted by atomic mass is 32.1. The van der Waals surface area contributed by atoms with Crippen LogP contribution in [0.1, 0.15) is 18.7 Å². The van der Waals surface area contributed by atoms with Gasteiger partial charge in [0, 0.05) is 17.0 Å². The van der Waals surface area contributed by atoms with Gasteiger partial charge < -0.3 is 14.0 Å². The molecule has 1 amide bonds. The summed E-state index contributed by atoms with van der Waals surface area (Å²) in [5.41, 5.74) is 0.728. The topological polar surface area (TPSA) is 113 Å². The summed E-state index contributed by atoms with van der Waals surface area (Å²) in [6, 6.07) is 8.36. The molecule has 11 heteroatoms. The van der Waals surface area contributed by atoms with E-state index in [-0.39, 0.29) is 18.2 Å². The van der Waals surface area contributed by atoms with Crippen LogP contribution in [0.3, 0.4) is 0 Å². The first kappa shape index (κ1) is 22.4. The fourth-order valence-corrected chi connectivity index (χ4v) is 4.49. The van der Waals surface area contributed by atoms with Crippen LogP contribution in [0, 0.1) is 10.1 Å². The van der Waals surface area contributed by atoms with Crippen molar-refractivity contribution in [2.75, 3.05) is 13.2 Å². The number of ether oxygens (including phenoxy) is 2. The summed E-state index contributed by atoms with van der Waals surface area (Å²) >= 11 is 2.21. The quantitative estimate of drug-likeness (QED) is 0.218. The zero-order valence-electron chi connectivity index (χ0n) is 16.8. The first-order valence-electron chi connectivity index (χ1n) is 9.34. The van der Waals surface area contributed by atoms with E-state index in [4.69, 9.17) is 9.47 Å². The first-order chi connectivity index (χ1) is 14.9. The molecule has 0 bridgehead atoms. The Morgan fingerprint density at radius 1 is 1.19 bits per heavy atom. The molecule has 0 N–H and O–H groups in total. The van der Waals surface area contributed by atoms with E-state index < -0.39 is 16.8 Å². The minimum atomic E-state index is -0.551. The highest BCUT2D eigenvalue weighted by Gasteiger charge is 2.13. The van der Waals surface area contributed by atoms with Gasteiger partial charge in [0.2, 0.25) is 0 Å². The third-order valence-electron chi connectivity index (χ3n) is 3.95. The number of rotatable bonds is 8. The normalized spacial score (nSPS) is 11.9. The molecule has 0 saturated heterocycles. The number of hydrogen-bond acceptors (Lipinski definition) is 8. The molecule has 2 heterocycles. The van der Waals surface area contributed by atoms with Crippen LogP contribution in [-0.4, -0.2) is 34.6 Å². The zero-order chi connectivity index (χ0) is 22.4. The van der Waals surface area contributed by atoms with E-state index in [1.54, 1.807) is 29.7 Å². The molecule has 0 aliphatic carbocycles. The van der Waals surface area contributed by atoms with E-state index in [9.17, 15) is 19.7 Å². The lowest BCUT2D eigenvalue weighted by Crippen LogP contribution is -2.22. The third kappa shape index (κ3) is 5.64. The first-order valence-corrected chi connectivity index (χ1v) is 11.0. The SMILES string of the molecule is CCOC(=O)Cn1c(=NC(=O)C=Cc2ccc([N+](=O)[O-])s2)sc2cc(OCC)ccc21. The highest BCUT2D eigenvalue weighted by molar-refractivity contribution is 7.16. The second-order valence-electron chi connectivity index (χ2n) is 6.05. The van der Waals surface area contributed by atoms with E-state index in [1.807, 2.05) is 13.0 Å². The largest absolute Gasteiger partial charge is 0.494 e. The second-order valence-corrected chi connectivity index (χ2v) is 8.16. The number of carbonyl (C=O) groups is 2. The molecule has 0 atom stereocenters. The van der Waals surface area contributed by atoms with Gasteiger partial charge in [-0.3, -0.25) is 19.7 Å². The summed E-state index contributed by atoms with van der Waals surface area (Å²) in [6.45, 7) is 4.28. The number of thiophene rings is 1. The maximum atomic E-state index is 12.4. The van der Waals surface area contributed by atoms with Crippen molar-refractivity contribution < 1.29 is 24.0 Å². The van der Waals surface area contributed by atoms with E-state index in [2.05, 4.69) is 4.99 Å². The fourth-order valence-electron chi connectivity index (χ4n) is 2.70. The number of aromatic nitrogens is 1. The van der Waals surface area contributed by atoms with E-state index >= 15 is 0 Å². The Morgan fingerprint density at radius 2 is 2.00 bits per heavy atom.